The molecule has 0 saturated heterocycles. The lowest BCUT2D eigenvalue weighted by atomic mass is 10.1. The summed E-state index contributed by atoms with van der Waals surface area (Å²) < 4.78 is 20.9. The van der Waals surface area contributed by atoms with Crippen molar-refractivity contribution in [1.29, 1.82) is 5.26 Å². The van der Waals surface area contributed by atoms with Gasteiger partial charge in [-0.25, -0.2) is 0 Å². The fourth-order valence-corrected chi connectivity index (χ4v) is 1.86. The van der Waals surface area contributed by atoms with Crippen LogP contribution in [0.15, 0.2) is 12.1 Å². The largest absolute Gasteiger partial charge is 0.493 e. The number of ether oxygens (including phenoxy) is 4. The molecule has 0 fully saturated rings. The van der Waals surface area contributed by atoms with Crippen molar-refractivity contribution in [1.82, 2.24) is 5.32 Å². The third-order valence-electron chi connectivity index (χ3n) is 2.80. The summed E-state index contributed by atoms with van der Waals surface area (Å²) in [4.78, 5) is 0. The Hall–Kier alpha value is -1.97. The van der Waals surface area contributed by atoms with E-state index in [0.717, 1.165) is 5.56 Å². The van der Waals surface area contributed by atoms with E-state index in [9.17, 15) is 5.26 Å². The van der Waals surface area contributed by atoms with Gasteiger partial charge in [-0.3, -0.25) is 5.32 Å². The highest BCUT2D eigenvalue weighted by atomic mass is 16.7. The van der Waals surface area contributed by atoms with Gasteiger partial charge in [0.1, 0.15) is 6.04 Å². The van der Waals surface area contributed by atoms with Crippen molar-refractivity contribution in [3.05, 3.63) is 17.7 Å². The van der Waals surface area contributed by atoms with Gasteiger partial charge in [-0.05, 0) is 17.7 Å². The first-order valence-corrected chi connectivity index (χ1v) is 5.89. The second-order valence-electron chi connectivity index (χ2n) is 3.97. The molecule has 102 valence electrons. The van der Waals surface area contributed by atoms with Crippen LogP contribution in [0.5, 0.6) is 17.2 Å². The summed E-state index contributed by atoms with van der Waals surface area (Å²) in [5, 5.41) is 12.3. The van der Waals surface area contributed by atoms with Crippen molar-refractivity contribution in [3.8, 4) is 23.3 Å². The van der Waals surface area contributed by atoms with E-state index in [4.69, 9.17) is 18.9 Å². The third kappa shape index (κ3) is 2.89. The smallest absolute Gasteiger partial charge is 0.231 e. The molecule has 2 rings (SSSR count). The molecule has 1 aliphatic heterocycles. The fourth-order valence-electron chi connectivity index (χ4n) is 1.86. The molecule has 1 aliphatic rings. The van der Waals surface area contributed by atoms with Gasteiger partial charge in [0.2, 0.25) is 12.5 Å². The summed E-state index contributed by atoms with van der Waals surface area (Å²) in [6.45, 7) is 1.30. The van der Waals surface area contributed by atoms with Crippen LogP contribution < -0.4 is 19.5 Å². The zero-order chi connectivity index (χ0) is 13.7. The summed E-state index contributed by atoms with van der Waals surface area (Å²) in [6, 6.07) is 5.32. The highest BCUT2D eigenvalue weighted by Crippen LogP contribution is 2.42. The van der Waals surface area contributed by atoms with Crippen molar-refractivity contribution < 1.29 is 18.9 Å². The molecule has 1 atom stereocenters. The molecule has 0 aliphatic carbocycles. The number of hydrogen-bond donors (Lipinski definition) is 1. The minimum atomic E-state index is -0.446. The predicted octanol–water partition coefficient (Wildman–Crippen LogP) is 1.22. The van der Waals surface area contributed by atoms with Crippen molar-refractivity contribution in [2.24, 2.45) is 0 Å². The van der Waals surface area contributed by atoms with Gasteiger partial charge in [0.25, 0.3) is 0 Å². The highest BCUT2D eigenvalue weighted by Gasteiger charge is 2.22. The minimum absolute atomic E-state index is 0.170. The quantitative estimate of drug-likeness (QED) is 0.779. The van der Waals surface area contributed by atoms with Crippen molar-refractivity contribution in [2.75, 3.05) is 34.2 Å². The van der Waals surface area contributed by atoms with Gasteiger partial charge in [0.05, 0.1) is 19.8 Å². The Labute approximate surface area is 111 Å². The van der Waals surface area contributed by atoms with Crippen molar-refractivity contribution in [3.63, 3.8) is 0 Å². The van der Waals surface area contributed by atoms with Crippen LogP contribution in [0.25, 0.3) is 0 Å². The molecule has 6 heteroatoms. The fraction of sp³-hybridized carbons (Fsp3) is 0.462. The molecule has 0 spiro atoms. The van der Waals surface area contributed by atoms with Crippen LogP contribution in [0.1, 0.15) is 11.6 Å². The Morgan fingerprint density at radius 3 is 2.95 bits per heavy atom. The Morgan fingerprint density at radius 2 is 2.26 bits per heavy atom. The van der Waals surface area contributed by atoms with Crippen LogP contribution in [-0.2, 0) is 4.74 Å². The van der Waals surface area contributed by atoms with Crippen LogP contribution in [-0.4, -0.2) is 34.2 Å². The minimum Gasteiger partial charge on any atom is -0.493 e. The number of methoxy groups -OCH3 is 2. The molecule has 0 radical (unpaired) electrons. The lowest BCUT2D eigenvalue weighted by molar-refractivity contribution is 0.171. The first kappa shape index (κ1) is 13.5. The second-order valence-corrected chi connectivity index (χ2v) is 3.97. The molecule has 6 nitrogen and oxygen atoms in total. The number of fused-ring (bicyclic) bond motifs is 1. The molecule has 0 saturated carbocycles. The van der Waals surface area contributed by atoms with E-state index < -0.39 is 6.04 Å². The van der Waals surface area contributed by atoms with Gasteiger partial charge in [0, 0.05) is 13.7 Å². The van der Waals surface area contributed by atoms with Gasteiger partial charge in [-0.2, -0.15) is 5.26 Å². The lowest BCUT2D eigenvalue weighted by Gasteiger charge is -2.14. The molecule has 1 aromatic rings. The monoisotopic (exact) mass is 264 g/mol. The number of hydrogen-bond acceptors (Lipinski definition) is 6. The number of rotatable bonds is 6. The molecular weight excluding hydrogens is 248 g/mol. The van der Waals surface area contributed by atoms with Gasteiger partial charge in [-0.15, -0.1) is 0 Å². The van der Waals surface area contributed by atoms with E-state index in [0.29, 0.717) is 30.4 Å². The number of nitrogens with one attached hydrogen (secondary N) is 1. The zero-order valence-electron chi connectivity index (χ0n) is 10.9. The van der Waals surface area contributed by atoms with Gasteiger partial charge >= 0.3 is 0 Å². The van der Waals surface area contributed by atoms with Crippen LogP contribution in [0, 0.1) is 11.3 Å². The summed E-state index contributed by atoms with van der Waals surface area (Å²) in [6.07, 6.45) is 0. The second kappa shape index (κ2) is 6.27. The maximum absolute atomic E-state index is 9.22. The molecule has 0 amide bonds. The maximum atomic E-state index is 9.22. The van der Waals surface area contributed by atoms with Crippen molar-refractivity contribution in [2.45, 2.75) is 6.04 Å². The first-order valence-electron chi connectivity index (χ1n) is 5.89. The average Bonchev–Trinajstić information content (AvgIpc) is 2.91. The SMILES string of the molecule is COCCNC(C#N)c1cc(OC)c2c(c1)OCO2. The average molecular weight is 264 g/mol. The number of benzene rings is 1. The Bertz CT molecular complexity index is 484. The van der Waals surface area contributed by atoms with Crippen LogP contribution in [0.3, 0.4) is 0 Å². The molecule has 0 aromatic heterocycles. The standard InChI is InChI=1S/C13H16N2O4/c1-16-4-3-15-10(7-14)9-5-11(17-2)13-12(6-9)18-8-19-13/h5-6,10,15H,3-4,8H2,1-2H3. The third-order valence-corrected chi connectivity index (χ3v) is 2.80. The van der Waals surface area contributed by atoms with E-state index in [1.54, 1.807) is 26.4 Å². The zero-order valence-corrected chi connectivity index (χ0v) is 10.9. The number of nitriles is 1. The molecule has 1 unspecified atom stereocenters. The van der Waals surface area contributed by atoms with E-state index >= 15 is 0 Å². The van der Waals surface area contributed by atoms with Gasteiger partial charge in [-0.1, -0.05) is 0 Å². The normalized spacial score (nSPS) is 13.9. The predicted molar refractivity (Wildman–Crippen MR) is 67.3 cm³/mol. The molecule has 0 bridgehead atoms. The van der Waals surface area contributed by atoms with Gasteiger partial charge < -0.3 is 18.9 Å². The summed E-state index contributed by atoms with van der Waals surface area (Å²) in [7, 11) is 3.17. The van der Waals surface area contributed by atoms with Crippen LogP contribution in [0.2, 0.25) is 0 Å². The topological polar surface area (TPSA) is 72.7 Å². The lowest BCUT2D eigenvalue weighted by Crippen LogP contribution is -2.24. The number of nitrogens with zero attached hydrogens (tertiary/aromatic N) is 1. The Morgan fingerprint density at radius 1 is 1.42 bits per heavy atom. The van der Waals surface area contributed by atoms with Crippen LogP contribution >= 0.6 is 0 Å². The summed E-state index contributed by atoms with van der Waals surface area (Å²) in [5.41, 5.74) is 0.778. The molecule has 1 heterocycles. The molecule has 1 aromatic carbocycles. The maximum Gasteiger partial charge on any atom is 0.231 e. The van der Waals surface area contributed by atoms with Crippen molar-refractivity contribution >= 4 is 0 Å². The summed E-state index contributed by atoms with van der Waals surface area (Å²) in [5.74, 6) is 1.75. The Kier molecular flexibility index (Phi) is 4.44. The Balaban J connectivity index is 2.21. The molecule has 1 N–H and O–H groups in total. The first-order chi connectivity index (χ1) is 9.30. The van der Waals surface area contributed by atoms with E-state index in [1.807, 2.05) is 0 Å². The van der Waals surface area contributed by atoms with Crippen LogP contribution in [0.4, 0.5) is 0 Å². The summed E-state index contributed by atoms with van der Waals surface area (Å²) >= 11 is 0. The van der Waals surface area contributed by atoms with E-state index in [2.05, 4.69) is 11.4 Å². The molecular formula is C13H16N2O4. The van der Waals surface area contributed by atoms with Gasteiger partial charge in [0.15, 0.2) is 11.5 Å². The van der Waals surface area contributed by atoms with E-state index in [-0.39, 0.29) is 6.79 Å². The highest BCUT2D eigenvalue weighted by molar-refractivity contribution is 5.56. The van der Waals surface area contributed by atoms with E-state index in [1.165, 1.54) is 0 Å². The molecule has 19 heavy (non-hydrogen) atoms.